The molecule has 1 aliphatic rings. The minimum absolute atomic E-state index is 0.0499. The van der Waals surface area contributed by atoms with Crippen LogP contribution < -0.4 is 9.44 Å². The highest BCUT2D eigenvalue weighted by Gasteiger charge is 2.22. The van der Waals surface area contributed by atoms with Crippen LogP contribution in [0.25, 0.3) is 6.08 Å². The van der Waals surface area contributed by atoms with Crippen LogP contribution in [0.5, 0.6) is 0 Å². The van der Waals surface area contributed by atoms with Crippen LogP contribution in [0, 0.1) is 0 Å². The molecule has 9 heteroatoms. The summed E-state index contributed by atoms with van der Waals surface area (Å²) >= 11 is 5.81. The van der Waals surface area contributed by atoms with E-state index < -0.39 is 20.0 Å². The normalized spacial score (nSPS) is 13.8. The van der Waals surface area contributed by atoms with Gasteiger partial charge in [-0.05, 0) is 72.5 Å². The maximum Gasteiger partial charge on any atom is 0.261 e. The van der Waals surface area contributed by atoms with Crippen molar-refractivity contribution in [2.24, 2.45) is 0 Å². The zero-order valence-corrected chi connectivity index (χ0v) is 18.6. The van der Waals surface area contributed by atoms with E-state index in [1.165, 1.54) is 30.3 Å². The number of anilines is 2. The van der Waals surface area contributed by atoms with E-state index in [2.05, 4.69) is 9.44 Å². The molecule has 0 bridgehead atoms. The third-order valence-corrected chi connectivity index (χ3v) is 8.01. The van der Waals surface area contributed by atoms with Gasteiger partial charge in [0, 0.05) is 5.02 Å². The highest BCUT2D eigenvalue weighted by Crippen LogP contribution is 2.29. The Hall–Kier alpha value is -2.81. The summed E-state index contributed by atoms with van der Waals surface area (Å²) < 4.78 is 55.9. The number of fused-ring (bicyclic) bond motifs is 1. The number of halogens is 1. The predicted molar refractivity (Wildman–Crippen MR) is 124 cm³/mol. The molecule has 31 heavy (non-hydrogen) atoms. The van der Waals surface area contributed by atoms with Gasteiger partial charge in [-0.25, -0.2) is 16.8 Å². The average molecular weight is 475 g/mol. The third-order valence-electron chi connectivity index (χ3n) is 4.85. The molecule has 0 saturated heterocycles. The van der Waals surface area contributed by atoms with Gasteiger partial charge in [-0.1, -0.05) is 41.9 Å². The van der Waals surface area contributed by atoms with Gasteiger partial charge in [-0.15, -0.1) is 0 Å². The smallest absolute Gasteiger partial charge is 0.261 e. The molecule has 6 nitrogen and oxygen atoms in total. The molecular formula is C22H19ClN2O4S2. The van der Waals surface area contributed by atoms with Crippen molar-refractivity contribution in [3.05, 3.63) is 93.9 Å². The average Bonchev–Trinajstić information content (AvgIpc) is 2.73. The van der Waals surface area contributed by atoms with Crippen molar-refractivity contribution < 1.29 is 16.8 Å². The largest absolute Gasteiger partial charge is 0.280 e. The summed E-state index contributed by atoms with van der Waals surface area (Å²) in [7, 11) is -7.62. The standard InChI is InChI=1S/C22H19ClN2O4S2/c23-18-9-12-21(13-10-18)30(26,27)24-19-6-3-7-20(15-19)25-31(28,29)22-11-8-16-4-1-2-5-17(16)14-22/h1-7,9-10,12-15,24-25H,8,11H2. The molecule has 3 aromatic carbocycles. The Morgan fingerprint density at radius 3 is 2.06 bits per heavy atom. The Kier molecular flexibility index (Phi) is 5.79. The zero-order chi connectivity index (χ0) is 22.1. The van der Waals surface area contributed by atoms with E-state index in [9.17, 15) is 16.8 Å². The number of allylic oxidation sites excluding steroid dienone is 1. The molecule has 160 valence electrons. The lowest BCUT2D eigenvalue weighted by Gasteiger charge is -2.18. The molecule has 0 radical (unpaired) electrons. The molecule has 0 atom stereocenters. The van der Waals surface area contributed by atoms with E-state index in [0.717, 1.165) is 11.1 Å². The number of rotatable bonds is 6. The minimum Gasteiger partial charge on any atom is -0.280 e. The van der Waals surface area contributed by atoms with E-state index in [-0.39, 0.29) is 16.3 Å². The molecule has 0 spiro atoms. The fourth-order valence-corrected chi connectivity index (χ4v) is 5.71. The molecule has 0 heterocycles. The first-order valence-corrected chi connectivity index (χ1v) is 12.8. The Bertz CT molecular complexity index is 1370. The van der Waals surface area contributed by atoms with Crippen molar-refractivity contribution in [1.29, 1.82) is 0 Å². The number of nitrogens with one attached hydrogen (secondary N) is 2. The van der Waals surface area contributed by atoms with E-state index in [1.54, 1.807) is 24.3 Å². The topological polar surface area (TPSA) is 92.3 Å². The lowest BCUT2D eigenvalue weighted by Crippen LogP contribution is -2.18. The van der Waals surface area contributed by atoms with Gasteiger partial charge in [0.15, 0.2) is 0 Å². The summed E-state index contributed by atoms with van der Waals surface area (Å²) in [6.07, 6.45) is 2.72. The molecular weight excluding hydrogens is 456 g/mol. The van der Waals surface area contributed by atoms with Crippen LogP contribution in [0.15, 0.2) is 82.6 Å². The third kappa shape index (κ3) is 4.92. The highest BCUT2D eigenvalue weighted by atomic mass is 35.5. The molecule has 3 aromatic rings. The van der Waals surface area contributed by atoms with Crippen LogP contribution in [0.4, 0.5) is 11.4 Å². The molecule has 0 aliphatic heterocycles. The SMILES string of the molecule is O=S(=O)(Nc1cccc(NS(=O)(=O)c2ccc(Cl)cc2)c1)C1=Cc2ccccc2CC1. The first kappa shape index (κ1) is 21.4. The van der Waals surface area contributed by atoms with Gasteiger partial charge in [0.25, 0.3) is 20.0 Å². The summed E-state index contributed by atoms with van der Waals surface area (Å²) in [4.78, 5) is 0.340. The van der Waals surface area contributed by atoms with Gasteiger partial charge in [-0.3, -0.25) is 9.44 Å². The summed E-state index contributed by atoms with van der Waals surface area (Å²) in [5, 5.41) is 0.426. The van der Waals surface area contributed by atoms with E-state index in [4.69, 9.17) is 11.6 Å². The first-order valence-electron chi connectivity index (χ1n) is 9.43. The molecule has 1 aliphatic carbocycles. The Morgan fingerprint density at radius 2 is 1.35 bits per heavy atom. The monoisotopic (exact) mass is 474 g/mol. The first-order chi connectivity index (χ1) is 14.7. The second kappa shape index (κ2) is 8.37. The van der Waals surface area contributed by atoms with E-state index >= 15 is 0 Å². The van der Waals surface area contributed by atoms with Gasteiger partial charge in [-0.2, -0.15) is 0 Å². The summed E-state index contributed by atoms with van der Waals surface area (Å²) in [6.45, 7) is 0. The lowest BCUT2D eigenvalue weighted by atomic mass is 9.98. The number of aryl methyl sites for hydroxylation is 1. The maximum atomic E-state index is 12.9. The van der Waals surface area contributed by atoms with Crippen LogP contribution >= 0.6 is 11.6 Å². The number of hydrogen-bond donors (Lipinski definition) is 2. The van der Waals surface area contributed by atoms with Crippen molar-refractivity contribution >= 4 is 49.1 Å². The zero-order valence-electron chi connectivity index (χ0n) is 16.2. The molecule has 0 unspecified atom stereocenters. The molecule has 4 rings (SSSR count). The van der Waals surface area contributed by atoms with Crippen molar-refractivity contribution in [1.82, 2.24) is 0 Å². The van der Waals surface area contributed by atoms with Gasteiger partial charge >= 0.3 is 0 Å². The van der Waals surface area contributed by atoms with Gasteiger partial charge in [0.05, 0.1) is 21.2 Å². The Labute approximate surface area is 186 Å². The van der Waals surface area contributed by atoms with Crippen molar-refractivity contribution in [3.63, 3.8) is 0 Å². The molecule has 0 aromatic heterocycles. The van der Waals surface area contributed by atoms with Crippen LogP contribution in [0.2, 0.25) is 5.02 Å². The Morgan fingerprint density at radius 1 is 0.710 bits per heavy atom. The summed E-state index contributed by atoms with van der Waals surface area (Å²) in [6, 6.07) is 19.5. The second-order valence-electron chi connectivity index (χ2n) is 7.06. The highest BCUT2D eigenvalue weighted by molar-refractivity contribution is 7.96. The van der Waals surface area contributed by atoms with Crippen molar-refractivity contribution in [2.75, 3.05) is 9.44 Å². The Balaban J connectivity index is 1.55. The number of benzene rings is 3. The van der Waals surface area contributed by atoms with Gasteiger partial charge < -0.3 is 0 Å². The molecule has 0 amide bonds. The molecule has 0 fully saturated rings. The van der Waals surface area contributed by atoms with Gasteiger partial charge in [0.1, 0.15) is 0 Å². The predicted octanol–water partition coefficient (Wildman–Crippen LogP) is 4.87. The second-order valence-corrected chi connectivity index (χ2v) is 10.9. The minimum atomic E-state index is -3.84. The summed E-state index contributed by atoms with van der Waals surface area (Å²) in [5.41, 5.74) is 2.49. The van der Waals surface area contributed by atoms with Crippen LogP contribution in [0.3, 0.4) is 0 Å². The van der Waals surface area contributed by atoms with Gasteiger partial charge in [0.2, 0.25) is 0 Å². The lowest BCUT2D eigenvalue weighted by molar-refractivity contribution is 0.600. The molecule has 2 N–H and O–H groups in total. The quantitative estimate of drug-likeness (QED) is 0.533. The maximum absolute atomic E-state index is 12.9. The fourth-order valence-electron chi connectivity index (χ4n) is 3.31. The fraction of sp³-hybridized carbons (Fsp3) is 0.0909. The van der Waals surface area contributed by atoms with Crippen LogP contribution in [-0.4, -0.2) is 16.8 Å². The summed E-state index contributed by atoms with van der Waals surface area (Å²) in [5.74, 6) is 0. The van der Waals surface area contributed by atoms with Crippen molar-refractivity contribution in [3.8, 4) is 0 Å². The number of hydrogen-bond acceptors (Lipinski definition) is 4. The van der Waals surface area contributed by atoms with Crippen molar-refractivity contribution in [2.45, 2.75) is 17.7 Å². The van der Waals surface area contributed by atoms with E-state index in [1.807, 2.05) is 24.3 Å². The van der Waals surface area contributed by atoms with E-state index in [0.29, 0.717) is 22.8 Å². The van der Waals surface area contributed by atoms with Crippen LogP contribution in [-0.2, 0) is 26.5 Å². The molecule has 0 saturated carbocycles. The number of sulfonamides is 2. The van der Waals surface area contributed by atoms with Crippen LogP contribution in [0.1, 0.15) is 17.5 Å².